The maximum atomic E-state index is 13.6. The van der Waals surface area contributed by atoms with E-state index in [4.69, 9.17) is 0 Å². The number of nitrogens with zero attached hydrogens (tertiary/aromatic N) is 4. The molecule has 0 aliphatic carbocycles. The Kier molecular flexibility index (Phi) is 4.60. The van der Waals surface area contributed by atoms with E-state index in [-0.39, 0.29) is 11.9 Å². The molecule has 1 aliphatic rings. The highest BCUT2D eigenvalue weighted by Gasteiger charge is 2.29. The molecule has 0 bridgehead atoms. The lowest BCUT2D eigenvalue weighted by atomic mass is 10.1. The highest BCUT2D eigenvalue weighted by Crippen LogP contribution is 2.34. The van der Waals surface area contributed by atoms with Gasteiger partial charge in [-0.25, -0.2) is 8.91 Å². The van der Waals surface area contributed by atoms with Crippen molar-refractivity contribution >= 4 is 5.52 Å². The van der Waals surface area contributed by atoms with Crippen molar-refractivity contribution in [3.05, 3.63) is 89.5 Å². The van der Waals surface area contributed by atoms with Gasteiger partial charge in [0.2, 0.25) is 0 Å². The largest absolute Gasteiger partial charge is 0.290 e. The van der Waals surface area contributed by atoms with Crippen LogP contribution in [-0.4, -0.2) is 26.3 Å². The van der Waals surface area contributed by atoms with Crippen LogP contribution in [0.4, 0.5) is 4.39 Å². The Labute approximate surface area is 169 Å². The van der Waals surface area contributed by atoms with Gasteiger partial charge in [0, 0.05) is 18.3 Å². The number of halogens is 1. The second-order valence-corrected chi connectivity index (χ2v) is 7.85. The maximum Gasteiger partial charge on any atom is 0.123 e. The molecule has 0 radical (unpaired) electrons. The fourth-order valence-corrected chi connectivity index (χ4v) is 4.24. The minimum Gasteiger partial charge on any atom is -0.290 e. The third-order valence-corrected chi connectivity index (χ3v) is 5.78. The van der Waals surface area contributed by atoms with Gasteiger partial charge in [-0.1, -0.05) is 53.2 Å². The van der Waals surface area contributed by atoms with E-state index in [9.17, 15) is 4.39 Å². The number of hydrogen-bond acceptors (Lipinski definition) is 3. The van der Waals surface area contributed by atoms with E-state index in [0.717, 1.165) is 48.3 Å². The standard InChI is InChI=1S/C24H23FN4/c1-17-7-9-18(10-8-17)15-28-13-3-6-22(28)24-23-12-11-20(16-29(23)27-26-24)19-4-2-5-21(25)14-19/h2,4-5,7-12,14,16,22H,3,6,13,15H2,1H3/t22-/m1/s1. The molecule has 1 atom stereocenters. The Bertz CT molecular complexity index is 1150. The third-order valence-electron chi connectivity index (χ3n) is 5.78. The Morgan fingerprint density at radius 1 is 1.03 bits per heavy atom. The molecule has 3 heterocycles. The number of aryl methyl sites for hydroxylation is 1. The van der Waals surface area contributed by atoms with E-state index in [0.29, 0.717) is 0 Å². The van der Waals surface area contributed by atoms with Gasteiger partial charge in [-0.3, -0.25) is 4.90 Å². The summed E-state index contributed by atoms with van der Waals surface area (Å²) in [4.78, 5) is 2.50. The molecule has 2 aromatic heterocycles. The lowest BCUT2D eigenvalue weighted by Crippen LogP contribution is -2.23. The number of likely N-dealkylation sites (tertiary alicyclic amines) is 1. The van der Waals surface area contributed by atoms with Crippen molar-refractivity contribution in [3.63, 3.8) is 0 Å². The van der Waals surface area contributed by atoms with Crippen LogP contribution in [0.15, 0.2) is 66.9 Å². The molecule has 5 rings (SSSR count). The molecule has 1 saturated heterocycles. The number of pyridine rings is 1. The first-order chi connectivity index (χ1) is 14.2. The quantitative estimate of drug-likeness (QED) is 0.484. The van der Waals surface area contributed by atoms with Gasteiger partial charge in [-0.05, 0) is 55.6 Å². The Hall–Kier alpha value is -3.05. The molecule has 0 spiro atoms. The van der Waals surface area contributed by atoms with E-state index < -0.39 is 0 Å². The van der Waals surface area contributed by atoms with Crippen molar-refractivity contribution in [1.82, 2.24) is 19.7 Å². The molecule has 0 saturated carbocycles. The minimum absolute atomic E-state index is 0.237. The summed E-state index contributed by atoms with van der Waals surface area (Å²) in [6.45, 7) is 4.10. The van der Waals surface area contributed by atoms with E-state index in [1.165, 1.54) is 17.2 Å². The minimum atomic E-state index is -0.237. The first-order valence-corrected chi connectivity index (χ1v) is 10.1. The van der Waals surface area contributed by atoms with Crippen molar-refractivity contribution in [1.29, 1.82) is 0 Å². The molecular formula is C24H23FN4. The van der Waals surface area contributed by atoms with Gasteiger partial charge in [0.15, 0.2) is 0 Å². The fourth-order valence-electron chi connectivity index (χ4n) is 4.24. The molecule has 0 N–H and O–H groups in total. The van der Waals surface area contributed by atoms with Crippen LogP contribution in [0.5, 0.6) is 0 Å². The summed E-state index contributed by atoms with van der Waals surface area (Å²) in [5.41, 5.74) is 6.42. The van der Waals surface area contributed by atoms with Crippen molar-refractivity contribution in [3.8, 4) is 11.1 Å². The van der Waals surface area contributed by atoms with Gasteiger partial charge in [-0.2, -0.15) is 0 Å². The van der Waals surface area contributed by atoms with Crippen molar-refractivity contribution in [2.45, 2.75) is 32.4 Å². The molecule has 146 valence electrons. The van der Waals surface area contributed by atoms with Gasteiger partial charge in [0.05, 0.1) is 11.6 Å². The van der Waals surface area contributed by atoms with Crippen LogP contribution < -0.4 is 0 Å². The first-order valence-electron chi connectivity index (χ1n) is 10.1. The summed E-state index contributed by atoms with van der Waals surface area (Å²) >= 11 is 0. The van der Waals surface area contributed by atoms with E-state index >= 15 is 0 Å². The summed E-state index contributed by atoms with van der Waals surface area (Å²) in [6, 6.07) is 19.7. The van der Waals surface area contributed by atoms with Crippen LogP contribution in [0.1, 0.15) is 35.7 Å². The van der Waals surface area contributed by atoms with E-state index in [1.54, 1.807) is 12.1 Å². The highest BCUT2D eigenvalue weighted by molar-refractivity contribution is 5.66. The predicted molar refractivity (Wildman–Crippen MR) is 112 cm³/mol. The molecule has 2 aromatic carbocycles. The van der Waals surface area contributed by atoms with Crippen LogP contribution >= 0.6 is 0 Å². The second-order valence-electron chi connectivity index (χ2n) is 7.85. The van der Waals surface area contributed by atoms with Crippen molar-refractivity contribution < 1.29 is 4.39 Å². The Morgan fingerprint density at radius 3 is 2.72 bits per heavy atom. The van der Waals surface area contributed by atoms with Crippen LogP contribution in [0.25, 0.3) is 16.6 Å². The fraction of sp³-hybridized carbons (Fsp3) is 0.250. The number of rotatable bonds is 4. The molecule has 4 aromatic rings. The lowest BCUT2D eigenvalue weighted by molar-refractivity contribution is 0.245. The summed E-state index contributed by atoms with van der Waals surface area (Å²) < 4.78 is 15.4. The molecule has 29 heavy (non-hydrogen) atoms. The number of benzene rings is 2. The van der Waals surface area contributed by atoms with Gasteiger partial charge in [0.25, 0.3) is 0 Å². The average molecular weight is 386 g/mol. The molecule has 0 unspecified atom stereocenters. The molecular weight excluding hydrogens is 363 g/mol. The van der Waals surface area contributed by atoms with Crippen LogP contribution in [0.3, 0.4) is 0 Å². The molecule has 5 heteroatoms. The highest BCUT2D eigenvalue weighted by atomic mass is 19.1. The van der Waals surface area contributed by atoms with Crippen molar-refractivity contribution in [2.24, 2.45) is 0 Å². The number of hydrogen-bond donors (Lipinski definition) is 0. The summed E-state index contributed by atoms with van der Waals surface area (Å²) in [5, 5.41) is 8.90. The monoisotopic (exact) mass is 386 g/mol. The zero-order valence-electron chi connectivity index (χ0n) is 16.4. The zero-order valence-corrected chi connectivity index (χ0v) is 16.4. The van der Waals surface area contributed by atoms with Gasteiger partial charge < -0.3 is 0 Å². The number of aromatic nitrogens is 3. The van der Waals surface area contributed by atoms with Crippen molar-refractivity contribution in [2.75, 3.05) is 6.54 Å². The topological polar surface area (TPSA) is 33.4 Å². The third kappa shape index (κ3) is 3.54. The zero-order chi connectivity index (χ0) is 19.8. The molecule has 1 fully saturated rings. The maximum absolute atomic E-state index is 13.6. The van der Waals surface area contributed by atoms with E-state index in [1.807, 2.05) is 22.8 Å². The summed E-state index contributed by atoms with van der Waals surface area (Å²) in [6.07, 6.45) is 4.18. The second kappa shape index (κ2) is 7.41. The molecule has 4 nitrogen and oxygen atoms in total. The van der Waals surface area contributed by atoms with Crippen LogP contribution in [0.2, 0.25) is 0 Å². The Morgan fingerprint density at radius 2 is 1.90 bits per heavy atom. The Balaban J connectivity index is 1.44. The number of fused-ring (bicyclic) bond motifs is 1. The summed E-state index contributed by atoms with van der Waals surface area (Å²) in [5.74, 6) is -0.237. The lowest BCUT2D eigenvalue weighted by Gasteiger charge is -2.23. The summed E-state index contributed by atoms with van der Waals surface area (Å²) in [7, 11) is 0. The van der Waals surface area contributed by atoms with Crippen LogP contribution in [-0.2, 0) is 6.54 Å². The SMILES string of the molecule is Cc1ccc(CN2CCC[C@@H]2c2nnn3cc(-c4cccc(F)c4)ccc23)cc1. The average Bonchev–Trinajstić information content (AvgIpc) is 3.35. The normalized spacial score (nSPS) is 17.2. The van der Waals surface area contributed by atoms with Gasteiger partial charge in [0.1, 0.15) is 11.5 Å². The first kappa shape index (κ1) is 18.0. The van der Waals surface area contributed by atoms with Gasteiger partial charge >= 0.3 is 0 Å². The van der Waals surface area contributed by atoms with E-state index in [2.05, 4.69) is 52.5 Å². The smallest absolute Gasteiger partial charge is 0.123 e. The predicted octanol–water partition coefficient (Wildman–Crippen LogP) is 5.18. The van der Waals surface area contributed by atoms with Crippen LogP contribution in [0, 0.1) is 12.7 Å². The van der Waals surface area contributed by atoms with Gasteiger partial charge in [-0.15, -0.1) is 5.10 Å². The molecule has 1 aliphatic heterocycles. The molecule has 0 amide bonds.